The zero-order chi connectivity index (χ0) is 18.5. The van der Waals surface area contributed by atoms with Crippen LogP contribution in [0, 0.1) is 0 Å². The van der Waals surface area contributed by atoms with Gasteiger partial charge in [-0.05, 0) is 17.7 Å². The highest BCUT2D eigenvalue weighted by Crippen LogP contribution is 2.32. The zero-order valence-electron chi connectivity index (χ0n) is 14.6. The summed E-state index contributed by atoms with van der Waals surface area (Å²) >= 11 is 0. The molecule has 0 fully saturated rings. The Balaban J connectivity index is 1.50. The summed E-state index contributed by atoms with van der Waals surface area (Å²) < 4.78 is 17.0. The minimum absolute atomic E-state index is 0.306. The molecule has 0 amide bonds. The van der Waals surface area contributed by atoms with Crippen molar-refractivity contribution in [3.63, 3.8) is 0 Å². The molecule has 0 N–H and O–H groups in total. The number of hydrogen-bond donors (Lipinski definition) is 0. The lowest BCUT2D eigenvalue weighted by molar-refractivity contribution is 0.303. The maximum atomic E-state index is 5.83. The molecular weight excluding hydrogens is 346 g/mol. The fourth-order valence-corrected chi connectivity index (χ4v) is 2.55. The highest BCUT2D eigenvalue weighted by atomic mass is 16.5. The third kappa shape index (κ3) is 3.95. The van der Waals surface area contributed by atoms with Gasteiger partial charge in [0.1, 0.15) is 24.7 Å². The number of ether oxygens (including phenoxy) is 2. The molecule has 0 aliphatic rings. The molecule has 0 aliphatic heterocycles. The average Bonchev–Trinajstić information content (AvgIpc) is 3.39. The van der Waals surface area contributed by atoms with Crippen molar-refractivity contribution in [2.75, 3.05) is 7.11 Å². The summed E-state index contributed by atoms with van der Waals surface area (Å²) in [5.41, 5.74) is 1.78. The van der Waals surface area contributed by atoms with E-state index in [2.05, 4.69) is 20.4 Å². The number of aromatic nitrogens is 5. The number of hydrogen-bond acceptors (Lipinski definition) is 7. The van der Waals surface area contributed by atoms with Gasteiger partial charge in [0.05, 0.1) is 25.1 Å². The topological polar surface area (TPSA) is 88.1 Å². The number of nitrogens with zero attached hydrogens (tertiary/aromatic N) is 5. The van der Waals surface area contributed by atoms with E-state index in [0.29, 0.717) is 42.0 Å². The first-order valence-corrected chi connectivity index (χ1v) is 8.33. The normalized spacial score (nSPS) is 10.7. The fourth-order valence-electron chi connectivity index (χ4n) is 2.55. The zero-order valence-corrected chi connectivity index (χ0v) is 14.6. The SMILES string of the molecule is COc1cc(OCc2ccccc2)ccc1-c1nnc(Cn2nccn2)o1. The first-order chi connectivity index (χ1) is 13.3. The molecule has 0 saturated heterocycles. The predicted octanol–water partition coefficient (Wildman–Crippen LogP) is 2.96. The molecule has 2 aromatic carbocycles. The van der Waals surface area contributed by atoms with Crippen molar-refractivity contribution in [1.29, 1.82) is 0 Å². The van der Waals surface area contributed by atoms with Crippen molar-refractivity contribution in [1.82, 2.24) is 25.2 Å². The van der Waals surface area contributed by atoms with Crippen LogP contribution in [0.25, 0.3) is 11.5 Å². The van der Waals surface area contributed by atoms with E-state index in [1.54, 1.807) is 25.6 Å². The molecule has 0 spiro atoms. The molecule has 0 unspecified atom stereocenters. The molecule has 0 saturated carbocycles. The van der Waals surface area contributed by atoms with E-state index in [9.17, 15) is 0 Å². The molecule has 2 aromatic heterocycles. The Bertz CT molecular complexity index is 999. The molecule has 0 radical (unpaired) electrons. The van der Waals surface area contributed by atoms with Crippen LogP contribution < -0.4 is 9.47 Å². The number of rotatable bonds is 7. The van der Waals surface area contributed by atoms with Gasteiger partial charge < -0.3 is 13.9 Å². The summed E-state index contributed by atoms with van der Waals surface area (Å²) in [6.07, 6.45) is 3.18. The summed E-state index contributed by atoms with van der Waals surface area (Å²) in [5, 5.41) is 16.2. The largest absolute Gasteiger partial charge is 0.496 e. The lowest BCUT2D eigenvalue weighted by Gasteiger charge is -2.10. The monoisotopic (exact) mass is 363 g/mol. The van der Waals surface area contributed by atoms with Crippen LogP contribution in [0.15, 0.2) is 65.3 Å². The van der Waals surface area contributed by atoms with Gasteiger partial charge in [0.2, 0.25) is 5.89 Å². The Hall–Kier alpha value is -3.68. The third-order valence-electron chi connectivity index (χ3n) is 3.86. The van der Waals surface area contributed by atoms with E-state index in [-0.39, 0.29) is 0 Å². The van der Waals surface area contributed by atoms with Crippen LogP contribution in [0.4, 0.5) is 0 Å². The number of methoxy groups -OCH3 is 1. The highest BCUT2D eigenvalue weighted by molar-refractivity contribution is 5.64. The van der Waals surface area contributed by atoms with E-state index in [1.165, 1.54) is 4.80 Å². The maximum Gasteiger partial charge on any atom is 0.251 e. The fraction of sp³-hybridized carbons (Fsp3) is 0.158. The molecule has 4 rings (SSSR count). The quantitative estimate of drug-likeness (QED) is 0.499. The summed E-state index contributed by atoms with van der Waals surface area (Å²) in [4.78, 5) is 1.47. The predicted molar refractivity (Wildman–Crippen MR) is 96.2 cm³/mol. The van der Waals surface area contributed by atoms with E-state index in [0.717, 1.165) is 5.56 Å². The lowest BCUT2D eigenvalue weighted by Crippen LogP contribution is -2.03. The van der Waals surface area contributed by atoms with E-state index in [4.69, 9.17) is 13.9 Å². The van der Waals surface area contributed by atoms with Crippen LogP contribution in [-0.4, -0.2) is 32.3 Å². The Kier molecular flexibility index (Phi) is 4.78. The van der Waals surface area contributed by atoms with Gasteiger partial charge in [0, 0.05) is 6.07 Å². The lowest BCUT2D eigenvalue weighted by atomic mass is 10.2. The average molecular weight is 363 g/mol. The van der Waals surface area contributed by atoms with Gasteiger partial charge in [-0.2, -0.15) is 15.0 Å². The van der Waals surface area contributed by atoms with Crippen molar-refractivity contribution >= 4 is 0 Å². The molecule has 27 heavy (non-hydrogen) atoms. The molecular formula is C19H17N5O3. The summed E-state index contributed by atoms with van der Waals surface area (Å²) in [6, 6.07) is 15.4. The second-order valence-corrected chi connectivity index (χ2v) is 5.70. The van der Waals surface area contributed by atoms with Gasteiger partial charge in [-0.3, -0.25) is 0 Å². The highest BCUT2D eigenvalue weighted by Gasteiger charge is 2.15. The Morgan fingerprint density at radius 2 is 1.81 bits per heavy atom. The van der Waals surface area contributed by atoms with Crippen LogP contribution in [0.5, 0.6) is 11.5 Å². The molecule has 0 bridgehead atoms. The van der Waals surface area contributed by atoms with Gasteiger partial charge in [0.25, 0.3) is 5.89 Å². The van der Waals surface area contributed by atoms with Crippen molar-refractivity contribution in [3.05, 3.63) is 72.4 Å². The van der Waals surface area contributed by atoms with Gasteiger partial charge in [-0.1, -0.05) is 30.3 Å². The summed E-state index contributed by atoms with van der Waals surface area (Å²) in [5.74, 6) is 2.06. The van der Waals surface area contributed by atoms with Gasteiger partial charge in [-0.15, -0.1) is 10.2 Å². The molecule has 0 aliphatic carbocycles. The van der Waals surface area contributed by atoms with Crippen molar-refractivity contribution in [3.8, 4) is 23.0 Å². The molecule has 2 heterocycles. The Morgan fingerprint density at radius 1 is 1.00 bits per heavy atom. The maximum absolute atomic E-state index is 5.83. The van der Waals surface area contributed by atoms with Crippen LogP contribution in [-0.2, 0) is 13.2 Å². The minimum Gasteiger partial charge on any atom is -0.496 e. The third-order valence-corrected chi connectivity index (χ3v) is 3.86. The van der Waals surface area contributed by atoms with Crippen LogP contribution >= 0.6 is 0 Å². The first kappa shape index (κ1) is 16.8. The summed E-state index contributed by atoms with van der Waals surface area (Å²) in [7, 11) is 1.59. The van der Waals surface area contributed by atoms with Crippen molar-refractivity contribution in [2.45, 2.75) is 13.2 Å². The van der Waals surface area contributed by atoms with Crippen LogP contribution in [0.2, 0.25) is 0 Å². The van der Waals surface area contributed by atoms with E-state index < -0.39 is 0 Å². The second kappa shape index (κ2) is 7.69. The van der Waals surface area contributed by atoms with Crippen LogP contribution in [0.3, 0.4) is 0 Å². The Labute approximate surface area is 155 Å². The first-order valence-electron chi connectivity index (χ1n) is 8.33. The second-order valence-electron chi connectivity index (χ2n) is 5.70. The smallest absolute Gasteiger partial charge is 0.251 e. The van der Waals surface area contributed by atoms with Crippen molar-refractivity contribution in [2.24, 2.45) is 0 Å². The van der Waals surface area contributed by atoms with E-state index in [1.807, 2.05) is 42.5 Å². The molecule has 8 heteroatoms. The Morgan fingerprint density at radius 3 is 2.59 bits per heavy atom. The van der Waals surface area contributed by atoms with Gasteiger partial charge in [0.15, 0.2) is 0 Å². The molecule has 0 atom stereocenters. The number of benzene rings is 2. The minimum atomic E-state index is 0.306. The molecule has 4 aromatic rings. The standard InChI is InChI=1S/C19H17N5O3/c1-25-17-11-15(26-13-14-5-3-2-4-6-14)7-8-16(17)19-23-22-18(27-19)12-24-20-9-10-21-24/h2-11H,12-13H2,1H3. The van der Waals surface area contributed by atoms with Crippen molar-refractivity contribution < 1.29 is 13.9 Å². The summed E-state index contributed by atoms with van der Waals surface area (Å²) in [6.45, 7) is 0.783. The van der Waals surface area contributed by atoms with Crippen LogP contribution in [0.1, 0.15) is 11.5 Å². The van der Waals surface area contributed by atoms with Gasteiger partial charge >= 0.3 is 0 Å². The molecule has 136 valence electrons. The molecule has 8 nitrogen and oxygen atoms in total. The van der Waals surface area contributed by atoms with Gasteiger partial charge in [-0.25, -0.2) is 0 Å². The van der Waals surface area contributed by atoms with E-state index >= 15 is 0 Å².